The van der Waals surface area contributed by atoms with E-state index in [0.29, 0.717) is 0 Å². The highest BCUT2D eigenvalue weighted by molar-refractivity contribution is 5.83. The topological polar surface area (TPSA) is 92.4 Å². The normalized spacial score (nSPS) is 13.8. The number of rotatable bonds is 4. The van der Waals surface area contributed by atoms with Crippen molar-refractivity contribution in [3.63, 3.8) is 0 Å². The minimum absolute atomic E-state index is 0.246. The predicted molar refractivity (Wildman–Crippen MR) is 34.3 cm³/mol. The van der Waals surface area contributed by atoms with Crippen LogP contribution in [0, 0.1) is 0 Å². The van der Waals surface area contributed by atoms with Crippen LogP contribution in [-0.4, -0.2) is 30.0 Å². The lowest BCUT2D eigenvalue weighted by atomic mass is 10.2. The number of likely N-dealkylation sites (N-methyl/N-ethyl adjacent to an activating group) is 1. The number of carboxylic acids is 1. The molecular formula is C5H10N2O3. The van der Waals surface area contributed by atoms with E-state index >= 15 is 0 Å². The van der Waals surface area contributed by atoms with Crippen molar-refractivity contribution >= 4 is 11.9 Å². The number of amides is 1. The Bertz CT molecular complexity index is 162. The molecule has 0 spiro atoms. The second-order valence-corrected chi connectivity index (χ2v) is 1.77. The van der Waals surface area contributed by atoms with Gasteiger partial charge in [-0.25, -0.2) is 0 Å². The summed E-state index contributed by atoms with van der Waals surface area (Å²) in [4.78, 5) is 20.5. The van der Waals surface area contributed by atoms with Gasteiger partial charge >= 0.3 is 5.97 Å². The summed E-state index contributed by atoms with van der Waals surface area (Å²) in [6.45, 7) is 0. The second-order valence-electron chi connectivity index (χ2n) is 1.77. The maximum Gasteiger partial charge on any atom is 0.321 e. The van der Waals surface area contributed by atoms with Gasteiger partial charge in [0.05, 0.1) is 6.42 Å². The number of primary amides is 1. The Kier molecular flexibility index (Phi) is 2.69. The summed E-state index contributed by atoms with van der Waals surface area (Å²) in [5.74, 6) is -1.87. The smallest absolute Gasteiger partial charge is 0.321 e. The standard InChI is InChI=1S/C5H10N2O3/c1-7-3(5(9)10)2-4(6)8/h3,7H,2H2,1H3,(H2,6,8)(H,9,10)/t3-/m0/s1/i1D. The number of hydrogen-bond acceptors (Lipinski definition) is 3. The van der Waals surface area contributed by atoms with Crippen LogP contribution < -0.4 is 11.1 Å². The van der Waals surface area contributed by atoms with Gasteiger partial charge in [0, 0.05) is 1.37 Å². The van der Waals surface area contributed by atoms with E-state index in [2.05, 4.69) is 5.32 Å². The number of nitrogens with two attached hydrogens (primary N) is 1. The van der Waals surface area contributed by atoms with E-state index in [-0.39, 0.29) is 13.4 Å². The molecule has 0 saturated heterocycles. The molecule has 58 valence electrons. The Labute approximate surface area is 59.6 Å². The van der Waals surface area contributed by atoms with Gasteiger partial charge in [-0.2, -0.15) is 0 Å². The van der Waals surface area contributed by atoms with Gasteiger partial charge in [-0.15, -0.1) is 0 Å². The van der Waals surface area contributed by atoms with E-state index in [1.54, 1.807) is 0 Å². The van der Waals surface area contributed by atoms with Crippen molar-refractivity contribution in [1.29, 1.82) is 0 Å². The second kappa shape index (κ2) is 3.84. The lowest BCUT2D eigenvalue weighted by Crippen LogP contribution is -2.37. The van der Waals surface area contributed by atoms with Crippen LogP contribution in [0.15, 0.2) is 0 Å². The molecule has 0 heterocycles. The molecule has 0 aliphatic carbocycles. The minimum Gasteiger partial charge on any atom is -0.480 e. The maximum absolute atomic E-state index is 10.3. The Morgan fingerprint density at radius 2 is 2.50 bits per heavy atom. The molecule has 0 rings (SSSR count). The van der Waals surface area contributed by atoms with Gasteiger partial charge in [0.2, 0.25) is 5.91 Å². The number of carbonyl (C=O) groups excluding carboxylic acids is 1. The minimum atomic E-state index is -1.17. The third-order valence-electron chi connectivity index (χ3n) is 0.950. The molecule has 0 bridgehead atoms. The zero-order chi connectivity index (χ0) is 8.85. The van der Waals surface area contributed by atoms with Crippen molar-refractivity contribution in [1.82, 2.24) is 5.32 Å². The van der Waals surface area contributed by atoms with E-state index in [4.69, 9.17) is 12.2 Å². The third kappa shape index (κ3) is 3.03. The van der Waals surface area contributed by atoms with Gasteiger partial charge in [0.15, 0.2) is 0 Å². The highest BCUT2D eigenvalue weighted by Gasteiger charge is 2.16. The molecule has 0 radical (unpaired) electrons. The van der Waals surface area contributed by atoms with Crippen LogP contribution in [0.25, 0.3) is 0 Å². The van der Waals surface area contributed by atoms with E-state index in [0.717, 1.165) is 0 Å². The van der Waals surface area contributed by atoms with Gasteiger partial charge in [-0.3, -0.25) is 9.59 Å². The van der Waals surface area contributed by atoms with Gasteiger partial charge in [-0.1, -0.05) is 0 Å². The number of hydrogen-bond donors (Lipinski definition) is 3. The Morgan fingerprint density at radius 3 is 2.80 bits per heavy atom. The van der Waals surface area contributed by atoms with Crippen LogP contribution in [0.5, 0.6) is 0 Å². The number of carboxylic acid groups (broad SMARTS) is 1. The molecule has 0 aliphatic rings. The summed E-state index contributed by atoms with van der Waals surface area (Å²) in [7, 11) is -0.246. The summed E-state index contributed by atoms with van der Waals surface area (Å²) in [5, 5.41) is 10.7. The third-order valence-corrected chi connectivity index (χ3v) is 0.950. The lowest BCUT2D eigenvalue weighted by Gasteiger charge is -2.06. The van der Waals surface area contributed by atoms with Crippen LogP contribution >= 0.6 is 0 Å². The molecule has 0 aromatic rings. The van der Waals surface area contributed by atoms with Crippen molar-refractivity contribution in [2.24, 2.45) is 5.73 Å². The van der Waals surface area contributed by atoms with E-state index in [9.17, 15) is 9.59 Å². The molecule has 0 saturated carbocycles. The zero-order valence-electron chi connectivity index (χ0n) is 6.33. The monoisotopic (exact) mass is 147 g/mol. The summed E-state index contributed by atoms with van der Waals surface area (Å²) >= 11 is 0. The number of carbonyl (C=O) groups is 2. The molecule has 1 amide bonds. The molecule has 10 heavy (non-hydrogen) atoms. The average Bonchev–Trinajstić information content (AvgIpc) is 1.86. The SMILES string of the molecule is [2H]CN[C@@H](CC(N)=O)C(=O)O. The Hall–Kier alpha value is -1.10. The van der Waals surface area contributed by atoms with Crippen molar-refractivity contribution in [3.8, 4) is 0 Å². The van der Waals surface area contributed by atoms with Crippen LogP contribution in [0.2, 0.25) is 0 Å². The molecule has 0 unspecified atom stereocenters. The summed E-state index contributed by atoms with van der Waals surface area (Å²) in [6.07, 6.45) is -0.284. The van der Waals surface area contributed by atoms with Gasteiger partial charge in [0.1, 0.15) is 6.04 Å². The molecule has 1 atom stereocenters. The fraction of sp³-hybridized carbons (Fsp3) is 0.600. The fourth-order valence-electron chi connectivity index (χ4n) is 0.448. The molecule has 0 aromatic heterocycles. The van der Waals surface area contributed by atoms with Gasteiger partial charge in [0.25, 0.3) is 0 Å². The Morgan fingerprint density at radius 1 is 1.90 bits per heavy atom. The molecule has 0 aromatic carbocycles. The first-order chi connectivity index (χ1) is 5.07. The van der Waals surface area contributed by atoms with Crippen LogP contribution in [0.4, 0.5) is 0 Å². The average molecular weight is 147 g/mol. The first-order valence-electron chi connectivity index (χ1n) is 3.32. The van der Waals surface area contributed by atoms with E-state index in [1.165, 1.54) is 0 Å². The van der Waals surface area contributed by atoms with Crippen LogP contribution in [0.3, 0.4) is 0 Å². The maximum atomic E-state index is 10.3. The van der Waals surface area contributed by atoms with Crippen molar-refractivity contribution in [2.45, 2.75) is 12.5 Å². The van der Waals surface area contributed by atoms with Crippen molar-refractivity contribution in [2.75, 3.05) is 7.02 Å². The van der Waals surface area contributed by atoms with Crippen LogP contribution in [0.1, 0.15) is 7.79 Å². The largest absolute Gasteiger partial charge is 0.480 e. The quantitative estimate of drug-likeness (QED) is 0.453. The first kappa shape index (κ1) is 7.01. The molecule has 5 heteroatoms. The highest BCUT2D eigenvalue weighted by atomic mass is 16.4. The predicted octanol–water partition coefficient (Wildman–Crippen LogP) is -1.47. The van der Waals surface area contributed by atoms with Crippen molar-refractivity contribution in [3.05, 3.63) is 0 Å². The van der Waals surface area contributed by atoms with Gasteiger partial charge < -0.3 is 16.2 Å². The molecule has 5 nitrogen and oxygen atoms in total. The summed E-state index contributed by atoms with van der Waals surface area (Å²) in [6, 6.07) is -1.04. The fourth-order valence-corrected chi connectivity index (χ4v) is 0.448. The molecular weight excluding hydrogens is 136 g/mol. The van der Waals surface area contributed by atoms with Crippen LogP contribution in [-0.2, 0) is 9.59 Å². The lowest BCUT2D eigenvalue weighted by molar-refractivity contribution is -0.141. The zero-order valence-corrected chi connectivity index (χ0v) is 5.33. The molecule has 0 aliphatic heterocycles. The van der Waals surface area contributed by atoms with Crippen molar-refractivity contribution < 1.29 is 16.1 Å². The number of nitrogens with one attached hydrogen (secondary N) is 1. The summed E-state index contributed by atoms with van der Waals surface area (Å²) < 4.78 is 6.64. The summed E-state index contributed by atoms with van der Waals surface area (Å²) in [5.41, 5.74) is 4.76. The van der Waals surface area contributed by atoms with Gasteiger partial charge in [-0.05, 0) is 7.02 Å². The highest BCUT2D eigenvalue weighted by Crippen LogP contribution is 1.88. The van der Waals surface area contributed by atoms with E-state index < -0.39 is 17.9 Å². The number of aliphatic carboxylic acids is 1. The van der Waals surface area contributed by atoms with E-state index in [1.807, 2.05) is 0 Å². The Balaban J connectivity index is 3.89. The first-order valence-corrected chi connectivity index (χ1v) is 2.61. The molecule has 0 fully saturated rings. The molecule has 4 N–H and O–H groups in total.